The third-order valence-electron chi connectivity index (χ3n) is 2.19. The normalized spacial score (nSPS) is 13.2. The van der Waals surface area contributed by atoms with Gasteiger partial charge in [-0.05, 0) is 20.3 Å². The Hall–Kier alpha value is -0.830. The highest BCUT2D eigenvalue weighted by Gasteiger charge is 2.01. The molecule has 1 heterocycles. The summed E-state index contributed by atoms with van der Waals surface area (Å²) in [7, 11) is 0. The fourth-order valence-corrected chi connectivity index (χ4v) is 0.982. The average molecular weight is 167 g/mol. The molecule has 0 aliphatic rings. The number of aryl methyl sites for hydroxylation is 1. The quantitative estimate of drug-likeness (QED) is 0.715. The number of hydrogen-bond donors (Lipinski definition) is 2. The van der Waals surface area contributed by atoms with E-state index >= 15 is 0 Å². The van der Waals surface area contributed by atoms with E-state index < -0.39 is 0 Å². The molecule has 0 amide bonds. The molecule has 0 radical (unpaired) electrons. The minimum atomic E-state index is 0.583. The molecule has 0 saturated carbocycles. The lowest BCUT2D eigenvalue weighted by atomic mass is 10.2. The van der Waals surface area contributed by atoms with Crippen molar-refractivity contribution in [2.24, 2.45) is 0 Å². The van der Waals surface area contributed by atoms with Crippen LogP contribution in [0.15, 0.2) is 6.20 Å². The molecule has 3 nitrogen and oxygen atoms in total. The van der Waals surface area contributed by atoms with E-state index in [1.807, 2.05) is 13.1 Å². The standard InChI is InChI=1S/C9H17N3/c1-4-7(2)10-5-9-6-11-12-8(9)3/h6-7,10H,4-5H2,1-3H3,(H,11,12). The number of nitrogens with zero attached hydrogens (tertiary/aromatic N) is 1. The maximum Gasteiger partial charge on any atom is 0.0535 e. The minimum Gasteiger partial charge on any atom is -0.310 e. The molecule has 0 spiro atoms. The van der Waals surface area contributed by atoms with Crippen molar-refractivity contribution in [3.63, 3.8) is 0 Å². The van der Waals surface area contributed by atoms with E-state index in [0.29, 0.717) is 6.04 Å². The SMILES string of the molecule is CCC(C)NCc1cn[nH]c1C. The van der Waals surface area contributed by atoms with E-state index in [-0.39, 0.29) is 0 Å². The molecule has 0 aliphatic carbocycles. The average Bonchev–Trinajstić information content (AvgIpc) is 2.47. The summed E-state index contributed by atoms with van der Waals surface area (Å²) in [5.41, 5.74) is 2.42. The molecule has 68 valence electrons. The van der Waals surface area contributed by atoms with Crippen LogP contribution in [-0.2, 0) is 6.54 Å². The fraction of sp³-hybridized carbons (Fsp3) is 0.667. The van der Waals surface area contributed by atoms with Crippen LogP contribution in [0, 0.1) is 6.92 Å². The molecule has 0 saturated heterocycles. The predicted molar refractivity (Wildman–Crippen MR) is 49.9 cm³/mol. The van der Waals surface area contributed by atoms with E-state index in [4.69, 9.17) is 0 Å². The summed E-state index contributed by atoms with van der Waals surface area (Å²) in [6.07, 6.45) is 3.04. The van der Waals surface area contributed by atoms with Crippen molar-refractivity contribution in [1.29, 1.82) is 0 Å². The molecule has 12 heavy (non-hydrogen) atoms. The minimum absolute atomic E-state index is 0.583. The summed E-state index contributed by atoms with van der Waals surface area (Å²) in [6.45, 7) is 7.33. The van der Waals surface area contributed by atoms with Gasteiger partial charge in [-0.1, -0.05) is 6.92 Å². The van der Waals surface area contributed by atoms with Gasteiger partial charge in [0.2, 0.25) is 0 Å². The van der Waals surface area contributed by atoms with Gasteiger partial charge in [0, 0.05) is 23.8 Å². The maximum atomic E-state index is 3.96. The van der Waals surface area contributed by atoms with Crippen molar-refractivity contribution in [2.45, 2.75) is 39.8 Å². The van der Waals surface area contributed by atoms with Crippen LogP contribution in [0.5, 0.6) is 0 Å². The van der Waals surface area contributed by atoms with Crippen molar-refractivity contribution < 1.29 is 0 Å². The molecule has 2 N–H and O–H groups in total. The summed E-state index contributed by atoms with van der Waals surface area (Å²) >= 11 is 0. The van der Waals surface area contributed by atoms with E-state index in [0.717, 1.165) is 18.7 Å². The second-order valence-corrected chi connectivity index (χ2v) is 3.21. The smallest absolute Gasteiger partial charge is 0.0535 e. The summed E-state index contributed by atoms with van der Waals surface area (Å²) in [4.78, 5) is 0. The Morgan fingerprint density at radius 1 is 1.67 bits per heavy atom. The first kappa shape index (κ1) is 9.26. The van der Waals surface area contributed by atoms with Crippen LogP contribution >= 0.6 is 0 Å². The first-order chi connectivity index (χ1) is 5.74. The van der Waals surface area contributed by atoms with Crippen molar-refractivity contribution in [2.75, 3.05) is 0 Å². The lowest BCUT2D eigenvalue weighted by molar-refractivity contribution is 0.533. The third kappa shape index (κ3) is 2.34. The lowest BCUT2D eigenvalue weighted by Gasteiger charge is -2.09. The topological polar surface area (TPSA) is 40.7 Å². The van der Waals surface area contributed by atoms with Crippen LogP contribution in [0.25, 0.3) is 0 Å². The van der Waals surface area contributed by atoms with Crippen LogP contribution in [0.1, 0.15) is 31.5 Å². The Morgan fingerprint density at radius 2 is 2.42 bits per heavy atom. The van der Waals surface area contributed by atoms with Gasteiger partial charge < -0.3 is 5.32 Å². The maximum absolute atomic E-state index is 3.96. The van der Waals surface area contributed by atoms with Crippen LogP contribution in [0.2, 0.25) is 0 Å². The second-order valence-electron chi connectivity index (χ2n) is 3.21. The molecule has 0 aliphatic heterocycles. The molecule has 0 bridgehead atoms. The predicted octanol–water partition coefficient (Wildman–Crippen LogP) is 1.61. The molecule has 1 unspecified atom stereocenters. The van der Waals surface area contributed by atoms with Crippen molar-refractivity contribution in [1.82, 2.24) is 15.5 Å². The number of nitrogens with one attached hydrogen (secondary N) is 2. The second kappa shape index (κ2) is 4.26. The van der Waals surface area contributed by atoms with Crippen molar-refractivity contribution in [3.05, 3.63) is 17.5 Å². The largest absolute Gasteiger partial charge is 0.310 e. The zero-order valence-electron chi connectivity index (χ0n) is 8.02. The zero-order chi connectivity index (χ0) is 8.97. The van der Waals surface area contributed by atoms with E-state index in [1.54, 1.807) is 0 Å². The molecular formula is C9H17N3. The van der Waals surface area contributed by atoms with Gasteiger partial charge in [0.15, 0.2) is 0 Å². The van der Waals surface area contributed by atoms with Gasteiger partial charge in [0.05, 0.1) is 6.20 Å². The van der Waals surface area contributed by atoms with Gasteiger partial charge in [-0.3, -0.25) is 5.10 Å². The van der Waals surface area contributed by atoms with Crippen LogP contribution in [0.3, 0.4) is 0 Å². The zero-order valence-corrected chi connectivity index (χ0v) is 8.02. The van der Waals surface area contributed by atoms with Crippen molar-refractivity contribution in [3.8, 4) is 0 Å². The highest BCUT2D eigenvalue weighted by atomic mass is 15.1. The highest BCUT2D eigenvalue weighted by Crippen LogP contribution is 2.02. The summed E-state index contributed by atoms with van der Waals surface area (Å²) in [5.74, 6) is 0. The summed E-state index contributed by atoms with van der Waals surface area (Å²) in [5, 5.41) is 10.3. The number of hydrogen-bond acceptors (Lipinski definition) is 2. The monoisotopic (exact) mass is 167 g/mol. The van der Waals surface area contributed by atoms with E-state index in [2.05, 4.69) is 29.4 Å². The number of H-pyrrole nitrogens is 1. The van der Waals surface area contributed by atoms with Gasteiger partial charge >= 0.3 is 0 Å². The van der Waals surface area contributed by atoms with Gasteiger partial charge in [0.25, 0.3) is 0 Å². The molecule has 1 rings (SSSR count). The van der Waals surface area contributed by atoms with Crippen molar-refractivity contribution >= 4 is 0 Å². The van der Waals surface area contributed by atoms with E-state index in [9.17, 15) is 0 Å². The first-order valence-electron chi connectivity index (χ1n) is 4.46. The third-order valence-corrected chi connectivity index (χ3v) is 2.19. The Bertz CT molecular complexity index is 229. The number of aromatic nitrogens is 2. The van der Waals surface area contributed by atoms with E-state index in [1.165, 1.54) is 5.56 Å². The Balaban J connectivity index is 2.38. The van der Waals surface area contributed by atoms with Gasteiger partial charge in [-0.2, -0.15) is 5.10 Å². The summed E-state index contributed by atoms with van der Waals surface area (Å²) < 4.78 is 0. The lowest BCUT2D eigenvalue weighted by Crippen LogP contribution is -2.24. The Morgan fingerprint density at radius 3 is 2.92 bits per heavy atom. The molecule has 3 heteroatoms. The molecule has 1 atom stereocenters. The van der Waals surface area contributed by atoms with Gasteiger partial charge in [0.1, 0.15) is 0 Å². The number of aromatic amines is 1. The first-order valence-corrected chi connectivity index (χ1v) is 4.46. The molecule has 0 aromatic carbocycles. The van der Waals surface area contributed by atoms with Gasteiger partial charge in [-0.15, -0.1) is 0 Å². The number of rotatable bonds is 4. The molecular weight excluding hydrogens is 150 g/mol. The molecule has 1 aromatic rings. The Kier molecular flexibility index (Phi) is 3.29. The van der Waals surface area contributed by atoms with Gasteiger partial charge in [-0.25, -0.2) is 0 Å². The van der Waals surface area contributed by atoms with Crippen LogP contribution in [0.4, 0.5) is 0 Å². The summed E-state index contributed by atoms with van der Waals surface area (Å²) in [6, 6.07) is 0.583. The molecule has 1 aromatic heterocycles. The fourth-order valence-electron chi connectivity index (χ4n) is 0.982. The van der Waals surface area contributed by atoms with Crippen LogP contribution in [-0.4, -0.2) is 16.2 Å². The van der Waals surface area contributed by atoms with Crippen LogP contribution < -0.4 is 5.32 Å². The highest BCUT2D eigenvalue weighted by molar-refractivity contribution is 5.13. The molecule has 0 fully saturated rings. The Labute approximate surface area is 73.6 Å².